The van der Waals surface area contributed by atoms with Crippen molar-refractivity contribution in [2.45, 2.75) is 45.3 Å². The van der Waals surface area contributed by atoms with E-state index in [0.717, 1.165) is 0 Å². The highest BCUT2D eigenvalue weighted by atomic mass is 35.5. The van der Waals surface area contributed by atoms with Gasteiger partial charge in [0, 0.05) is 29.7 Å². The van der Waals surface area contributed by atoms with Crippen molar-refractivity contribution >= 4 is 23.2 Å². The number of aromatic nitrogens is 2. The van der Waals surface area contributed by atoms with Crippen LogP contribution in [0.25, 0.3) is 0 Å². The Morgan fingerprint density at radius 3 is 2.59 bits per heavy atom. The molecule has 0 saturated heterocycles. The Hall–Kier alpha value is -3.07. The SMILES string of the molecule is COc1cc(OC)c2c(c1Cl)O[C@@]1(C(=O)C=C(NCc3nc(C(C)C)no3)C[C@H]1C)C2=O. The number of carbonyl (C=O) groups excluding carboxylic acids is 2. The van der Waals surface area contributed by atoms with Crippen LogP contribution in [0, 0.1) is 5.92 Å². The Kier molecular flexibility index (Phi) is 5.62. The van der Waals surface area contributed by atoms with Crippen molar-refractivity contribution in [3.8, 4) is 17.2 Å². The summed E-state index contributed by atoms with van der Waals surface area (Å²) in [6, 6.07) is 1.51. The lowest BCUT2D eigenvalue weighted by molar-refractivity contribution is -0.129. The normalized spacial score (nSPS) is 22.1. The van der Waals surface area contributed by atoms with Crippen LogP contribution in [0.1, 0.15) is 55.2 Å². The maximum Gasteiger partial charge on any atom is 0.245 e. The molecule has 1 N–H and O–H groups in total. The number of allylic oxidation sites excluding steroid dienone is 1. The molecule has 0 saturated carbocycles. The van der Waals surface area contributed by atoms with Crippen LogP contribution in [0.2, 0.25) is 5.02 Å². The molecule has 0 fully saturated rings. The number of rotatable bonds is 6. The van der Waals surface area contributed by atoms with Gasteiger partial charge in [-0.05, 0) is 6.42 Å². The van der Waals surface area contributed by atoms with Gasteiger partial charge in [0.1, 0.15) is 22.1 Å². The van der Waals surface area contributed by atoms with Gasteiger partial charge in [0.05, 0.1) is 20.8 Å². The van der Waals surface area contributed by atoms with Gasteiger partial charge < -0.3 is 24.1 Å². The van der Waals surface area contributed by atoms with E-state index in [1.807, 2.05) is 13.8 Å². The van der Waals surface area contributed by atoms with Crippen LogP contribution in [0.15, 0.2) is 22.4 Å². The zero-order valence-corrected chi connectivity index (χ0v) is 19.2. The van der Waals surface area contributed by atoms with Crippen LogP contribution < -0.4 is 19.5 Å². The summed E-state index contributed by atoms with van der Waals surface area (Å²) in [5.41, 5.74) is -0.901. The summed E-state index contributed by atoms with van der Waals surface area (Å²) in [6.45, 7) is 6.00. The predicted octanol–water partition coefficient (Wildman–Crippen LogP) is 3.46. The number of fused-ring (bicyclic) bond motifs is 1. The van der Waals surface area contributed by atoms with Gasteiger partial charge in [-0.1, -0.05) is 37.5 Å². The number of ketones is 2. The quantitative estimate of drug-likeness (QED) is 0.646. The van der Waals surface area contributed by atoms with E-state index in [2.05, 4.69) is 15.5 Å². The van der Waals surface area contributed by atoms with Crippen LogP contribution in [-0.2, 0) is 11.3 Å². The fraction of sp³-hybridized carbons (Fsp3) is 0.455. The van der Waals surface area contributed by atoms with E-state index in [4.69, 9.17) is 30.3 Å². The molecule has 0 unspecified atom stereocenters. The van der Waals surface area contributed by atoms with Crippen molar-refractivity contribution in [1.82, 2.24) is 15.5 Å². The van der Waals surface area contributed by atoms with E-state index in [9.17, 15) is 9.59 Å². The first-order valence-corrected chi connectivity index (χ1v) is 10.6. The van der Waals surface area contributed by atoms with Gasteiger partial charge in [-0.2, -0.15) is 4.98 Å². The summed E-state index contributed by atoms with van der Waals surface area (Å²) >= 11 is 6.40. The standard InChI is InChI=1S/C22H24ClN3O6/c1-10(2)21-25-16(32-26-21)9-24-12-6-11(3)22(15(27)7-12)20(28)17-13(29-4)8-14(30-5)18(23)19(17)31-22/h7-8,10-11,24H,6,9H2,1-5H3/t11-,22+/m1/s1. The molecule has 2 aliphatic rings. The Labute approximate surface area is 190 Å². The van der Waals surface area contributed by atoms with Gasteiger partial charge in [0.2, 0.25) is 23.1 Å². The van der Waals surface area contributed by atoms with Gasteiger partial charge >= 0.3 is 0 Å². The number of carbonyl (C=O) groups is 2. The fourth-order valence-electron chi connectivity index (χ4n) is 4.02. The predicted molar refractivity (Wildman–Crippen MR) is 114 cm³/mol. The van der Waals surface area contributed by atoms with Crippen molar-refractivity contribution in [2.75, 3.05) is 14.2 Å². The molecular weight excluding hydrogens is 438 g/mol. The van der Waals surface area contributed by atoms with E-state index in [1.54, 1.807) is 6.92 Å². The number of benzene rings is 1. The van der Waals surface area contributed by atoms with Gasteiger partial charge in [0.25, 0.3) is 0 Å². The average Bonchev–Trinajstić information content (AvgIpc) is 3.36. The van der Waals surface area contributed by atoms with E-state index in [0.29, 0.717) is 29.6 Å². The number of ether oxygens (including phenoxy) is 3. The first kappa shape index (κ1) is 22.1. The van der Waals surface area contributed by atoms with E-state index in [-0.39, 0.29) is 34.5 Å². The van der Waals surface area contributed by atoms with Crippen LogP contribution in [-0.4, -0.2) is 41.5 Å². The highest BCUT2D eigenvalue weighted by molar-refractivity contribution is 6.36. The summed E-state index contributed by atoms with van der Waals surface area (Å²) in [4.78, 5) is 31.0. The maximum atomic E-state index is 13.5. The summed E-state index contributed by atoms with van der Waals surface area (Å²) in [5.74, 6) is 0.414. The molecule has 1 aliphatic heterocycles. The number of nitrogens with one attached hydrogen (secondary N) is 1. The molecule has 2 heterocycles. The van der Waals surface area contributed by atoms with Crippen molar-refractivity contribution in [3.63, 3.8) is 0 Å². The zero-order chi connectivity index (χ0) is 23.2. The maximum absolute atomic E-state index is 13.5. The molecule has 1 aromatic heterocycles. The van der Waals surface area contributed by atoms with Crippen molar-refractivity contribution in [2.24, 2.45) is 5.92 Å². The number of halogens is 1. The highest BCUT2D eigenvalue weighted by Crippen LogP contribution is 2.52. The minimum atomic E-state index is -1.70. The van der Waals surface area contributed by atoms with Gasteiger partial charge in [-0.25, -0.2) is 0 Å². The summed E-state index contributed by atoms with van der Waals surface area (Å²) in [5, 5.41) is 7.20. The lowest BCUT2D eigenvalue weighted by atomic mass is 9.74. The molecule has 4 rings (SSSR count). The molecule has 9 nitrogen and oxygen atoms in total. The topological polar surface area (TPSA) is 113 Å². The van der Waals surface area contributed by atoms with Gasteiger partial charge in [-0.3, -0.25) is 9.59 Å². The van der Waals surface area contributed by atoms with Gasteiger partial charge in [-0.15, -0.1) is 0 Å². The average molecular weight is 462 g/mol. The van der Waals surface area contributed by atoms with Crippen LogP contribution in [0.5, 0.6) is 17.2 Å². The van der Waals surface area contributed by atoms with E-state index in [1.165, 1.54) is 26.4 Å². The zero-order valence-electron chi connectivity index (χ0n) is 18.4. The first-order chi connectivity index (χ1) is 15.2. The van der Waals surface area contributed by atoms with Crippen LogP contribution in [0.4, 0.5) is 0 Å². The number of nitrogens with zero attached hydrogens (tertiary/aromatic N) is 2. The van der Waals surface area contributed by atoms with Crippen molar-refractivity contribution in [3.05, 3.63) is 40.1 Å². The second-order valence-corrected chi connectivity index (χ2v) is 8.54. The molecule has 0 bridgehead atoms. The number of methoxy groups -OCH3 is 2. The highest BCUT2D eigenvalue weighted by Gasteiger charge is 2.60. The third-order valence-electron chi connectivity index (χ3n) is 5.78. The molecule has 1 spiro atoms. The molecule has 1 aromatic carbocycles. The molecule has 32 heavy (non-hydrogen) atoms. The summed E-state index contributed by atoms with van der Waals surface area (Å²) in [7, 11) is 2.87. The number of Topliss-reactive ketones (excluding diaryl/α,β-unsaturated/α-hetero) is 1. The Bertz CT molecular complexity index is 1130. The summed E-state index contributed by atoms with van der Waals surface area (Å²) < 4.78 is 21.9. The molecule has 10 heteroatoms. The molecule has 170 valence electrons. The minimum Gasteiger partial charge on any atom is -0.496 e. The number of hydrogen-bond donors (Lipinski definition) is 1. The van der Waals surface area contributed by atoms with Crippen molar-refractivity contribution < 1.29 is 28.3 Å². The second-order valence-electron chi connectivity index (χ2n) is 8.16. The van der Waals surface area contributed by atoms with Crippen LogP contribution in [0.3, 0.4) is 0 Å². The van der Waals surface area contributed by atoms with Crippen LogP contribution >= 0.6 is 11.6 Å². The molecule has 0 radical (unpaired) electrons. The van der Waals surface area contributed by atoms with Gasteiger partial charge in [0.15, 0.2) is 11.6 Å². The molecule has 2 atom stereocenters. The third-order valence-corrected chi connectivity index (χ3v) is 6.13. The smallest absolute Gasteiger partial charge is 0.245 e. The van der Waals surface area contributed by atoms with E-state index < -0.39 is 23.1 Å². The van der Waals surface area contributed by atoms with E-state index >= 15 is 0 Å². The monoisotopic (exact) mass is 461 g/mol. The minimum absolute atomic E-state index is 0.102. The Morgan fingerprint density at radius 2 is 2.00 bits per heavy atom. The van der Waals surface area contributed by atoms with Crippen molar-refractivity contribution in [1.29, 1.82) is 0 Å². The summed E-state index contributed by atoms with van der Waals surface area (Å²) in [6.07, 6.45) is 1.79. The Balaban J connectivity index is 1.61. The molecular formula is C22H24ClN3O6. The lowest BCUT2D eigenvalue weighted by Gasteiger charge is -2.35. The molecule has 1 aliphatic carbocycles. The molecule has 0 amide bonds. The fourth-order valence-corrected chi connectivity index (χ4v) is 4.28. The lowest BCUT2D eigenvalue weighted by Crippen LogP contribution is -2.55. The number of hydrogen-bond acceptors (Lipinski definition) is 9. The first-order valence-electron chi connectivity index (χ1n) is 10.2. The Morgan fingerprint density at radius 1 is 1.28 bits per heavy atom. The third kappa shape index (κ3) is 3.31. The second kappa shape index (κ2) is 8.12. The largest absolute Gasteiger partial charge is 0.496 e. The molecule has 2 aromatic rings.